The van der Waals surface area contributed by atoms with E-state index in [1.165, 1.54) is 0 Å². The normalized spacial score (nSPS) is 11.3. The summed E-state index contributed by atoms with van der Waals surface area (Å²) in [5.41, 5.74) is 6.39. The average molecular weight is 254 g/mol. The molecular formula is C13H22N2O3. The Morgan fingerprint density at radius 3 is 2.44 bits per heavy atom. The second-order valence-corrected chi connectivity index (χ2v) is 4.26. The molecule has 0 aliphatic heterocycles. The minimum absolute atomic E-state index is 0.144. The van der Waals surface area contributed by atoms with Crippen LogP contribution in [0.15, 0.2) is 18.2 Å². The molecule has 1 aromatic rings. The molecule has 0 saturated heterocycles. The Hall–Kier alpha value is -1.46. The number of anilines is 2. The van der Waals surface area contributed by atoms with E-state index in [0.717, 1.165) is 5.69 Å². The number of nitrogens with two attached hydrogens (primary N) is 1. The van der Waals surface area contributed by atoms with Crippen LogP contribution in [-0.2, 0) is 0 Å². The van der Waals surface area contributed by atoms with Gasteiger partial charge in [0.2, 0.25) is 0 Å². The number of benzene rings is 1. The van der Waals surface area contributed by atoms with E-state index in [-0.39, 0.29) is 13.2 Å². The predicted octanol–water partition coefficient (Wildman–Crippen LogP) is 1.21. The summed E-state index contributed by atoms with van der Waals surface area (Å²) < 4.78 is 5.40. The van der Waals surface area contributed by atoms with Crippen LogP contribution in [-0.4, -0.2) is 35.6 Å². The smallest absolute Gasteiger partial charge is 0.144 e. The summed E-state index contributed by atoms with van der Waals surface area (Å²) in [6.07, 6.45) is 0.606. The van der Waals surface area contributed by atoms with Gasteiger partial charge in [0.15, 0.2) is 0 Å². The van der Waals surface area contributed by atoms with E-state index in [4.69, 9.17) is 10.5 Å². The van der Waals surface area contributed by atoms with Crippen molar-refractivity contribution in [2.24, 2.45) is 0 Å². The molecule has 0 bridgehead atoms. The van der Waals surface area contributed by atoms with Crippen molar-refractivity contribution in [1.29, 1.82) is 0 Å². The Balaban J connectivity index is 2.93. The fraction of sp³-hybridized carbons (Fsp3) is 0.538. The Labute approximate surface area is 108 Å². The topological polar surface area (TPSA) is 87.7 Å². The van der Waals surface area contributed by atoms with Crippen molar-refractivity contribution >= 4 is 11.4 Å². The van der Waals surface area contributed by atoms with Crippen molar-refractivity contribution in [3.05, 3.63) is 18.2 Å². The van der Waals surface area contributed by atoms with Gasteiger partial charge in [-0.2, -0.15) is 0 Å². The van der Waals surface area contributed by atoms with E-state index < -0.39 is 5.54 Å². The molecule has 0 fully saturated rings. The predicted molar refractivity (Wildman–Crippen MR) is 72.8 cm³/mol. The maximum atomic E-state index is 9.39. The molecule has 0 amide bonds. The third-order valence-corrected chi connectivity index (χ3v) is 3.01. The molecule has 5 heteroatoms. The number of ether oxygens (including phenoxy) is 1. The van der Waals surface area contributed by atoms with Crippen LogP contribution in [0.2, 0.25) is 0 Å². The van der Waals surface area contributed by atoms with Crippen LogP contribution in [0, 0.1) is 0 Å². The zero-order valence-electron chi connectivity index (χ0n) is 10.9. The van der Waals surface area contributed by atoms with Gasteiger partial charge in [-0.1, -0.05) is 6.92 Å². The first kappa shape index (κ1) is 14.6. The zero-order valence-corrected chi connectivity index (χ0v) is 10.9. The quantitative estimate of drug-likeness (QED) is 0.549. The molecule has 0 atom stereocenters. The Morgan fingerprint density at radius 1 is 1.28 bits per heavy atom. The van der Waals surface area contributed by atoms with Gasteiger partial charge < -0.3 is 26.0 Å². The lowest BCUT2D eigenvalue weighted by atomic mass is 9.98. The molecule has 18 heavy (non-hydrogen) atoms. The third kappa shape index (κ3) is 3.27. The Kier molecular flexibility index (Phi) is 5.25. The molecule has 1 aromatic carbocycles. The van der Waals surface area contributed by atoms with Crippen LogP contribution < -0.4 is 15.8 Å². The number of rotatable bonds is 7. The molecular weight excluding hydrogens is 232 g/mol. The molecule has 0 aliphatic carbocycles. The van der Waals surface area contributed by atoms with Crippen LogP contribution in [0.5, 0.6) is 5.75 Å². The Morgan fingerprint density at radius 2 is 1.94 bits per heavy atom. The Bertz CT molecular complexity index is 370. The van der Waals surface area contributed by atoms with Gasteiger partial charge in [-0.15, -0.1) is 0 Å². The first-order valence-electron chi connectivity index (χ1n) is 6.13. The van der Waals surface area contributed by atoms with Crippen LogP contribution in [0.25, 0.3) is 0 Å². The summed E-state index contributed by atoms with van der Waals surface area (Å²) in [7, 11) is 0. The highest BCUT2D eigenvalue weighted by Gasteiger charge is 2.26. The summed E-state index contributed by atoms with van der Waals surface area (Å²) in [6.45, 7) is 4.03. The van der Waals surface area contributed by atoms with Gasteiger partial charge in [0, 0.05) is 11.8 Å². The lowest BCUT2D eigenvalue weighted by Gasteiger charge is -2.31. The number of aliphatic hydroxyl groups is 2. The van der Waals surface area contributed by atoms with E-state index in [2.05, 4.69) is 5.32 Å². The van der Waals surface area contributed by atoms with Crippen molar-refractivity contribution in [3.8, 4) is 5.75 Å². The lowest BCUT2D eigenvalue weighted by molar-refractivity contribution is 0.132. The SMILES string of the molecule is CCOc1cc(NC(CC)(CO)CO)ccc1N. The van der Waals surface area contributed by atoms with Crippen LogP contribution in [0.3, 0.4) is 0 Å². The van der Waals surface area contributed by atoms with Crippen molar-refractivity contribution < 1.29 is 14.9 Å². The van der Waals surface area contributed by atoms with Crippen molar-refractivity contribution in [2.75, 3.05) is 30.9 Å². The molecule has 0 spiro atoms. The lowest BCUT2D eigenvalue weighted by Crippen LogP contribution is -2.45. The number of aliphatic hydroxyl groups excluding tert-OH is 2. The minimum Gasteiger partial charge on any atom is -0.492 e. The van der Waals surface area contributed by atoms with Crippen LogP contribution >= 0.6 is 0 Å². The zero-order chi connectivity index (χ0) is 13.6. The summed E-state index contributed by atoms with van der Waals surface area (Å²) >= 11 is 0. The molecule has 5 nitrogen and oxygen atoms in total. The standard InChI is InChI=1S/C13H22N2O3/c1-3-13(8-16,9-17)15-10-5-6-11(14)12(7-10)18-4-2/h5-7,15-17H,3-4,8-9,14H2,1-2H3. The van der Waals surface area contributed by atoms with Gasteiger partial charge in [0.1, 0.15) is 5.75 Å². The van der Waals surface area contributed by atoms with Gasteiger partial charge in [0.25, 0.3) is 0 Å². The summed E-state index contributed by atoms with van der Waals surface area (Å²) in [4.78, 5) is 0. The van der Waals surface area contributed by atoms with Crippen LogP contribution in [0.1, 0.15) is 20.3 Å². The third-order valence-electron chi connectivity index (χ3n) is 3.01. The van der Waals surface area contributed by atoms with Gasteiger partial charge in [0.05, 0.1) is 31.0 Å². The van der Waals surface area contributed by atoms with Crippen molar-refractivity contribution in [3.63, 3.8) is 0 Å². The molecule has 5 N–H and O–H groups in total. The highest BCUT2D eigenvalue weighted by Crippen LogP contribution is 2.27. The molecule has 0 radical (unpaired) electrons. The summed E-state index contributed by atoms with van der Waals surface area (Å²) in [6, 6.07) is 5.31. The number of hydrogen-bond donors (Lipinski definition) is 4. The number of hydrogen-bond acceptors (Lipinski definition) is 5. The second kappa shape index (κ2) is 6.47. The second-order valence-electron chi connectivity index (χ2n) is 4.26. The largest absolute Gasteiger partial charge is 0.492 e. The molecule has 0 saturated carbocycles. The van der Waals surface area contributed by atoms with Crippen molar-refractivity contribution in [1.82, 2.24) is 0 Å². The monoisotopic (exact) mass is 254 g/mol. The molecule has 0 heterocycles. The fourth-order valence-corrected chi connectivity index (χ4v) is 1.64. The highest BCUT2D eigenvalue weighted by atomic mass is 16.5. The van der Waals surface area contributed by atoms with E-state index in [1.54, 1.807) is 18.2 Å². The van der Waals surface area contributed by atoms with E-state index >= 15 is 0 Å². The first-order chi connectivity index (χ1) is 8.60. The van der Waals surface area contributed by atoms with Gasteiger partial charge in [-0.05, 0) is 25.5 Å². The molecule has 102 valence electrons. The fourth-order valence-electron chi connectivity index (χ4n) is 1.64. The molecule has 0 aliphatic rings. The highest BCUT2D eigenvalue weighted by molar-refractivity contribution is 5.62. The molecule has 0 aromatic heterocycles. The number of nitrogens with one attached hydrogen (secondary N) is 1. The summed E-state index contributed by atoms with van der Waals surface area (Å²) in [5, 5.41) is 21.9. The average Bonchev–Trinajstić information content (AvgIpc) is 2.40. The molecule has 1 rings (SSSR count). The van der Waals surface area contributed by atoms with Gasteiger partial charge >= 0.3 is 0 Å². The van der Waals surface area contributed by atoms with Crippen molar-refractivity contribution in [2.45, 2.75) is 25.8 Å². The van der Waals surface area contributed by atoms with E-state index in [0.29, 0.717) is 24.5 Å². The van der Waals surface area contributed by atoms with Gasteiger partial charge in [-0.25, -0.2) is 0 Å². The number of nitrogen functional groups attached to an aromatic ring is 1. The van der Waals surface area contributed by atoms with E-state index in [9.17, 15) is 10.2 Å². The maximum Gasteiger partial charge on any atom is 0.144 e. The minimum atomic E-state index is -0.723. The van der Waals surface area contributed by atoms with E-state index in [1.807, 2.05) is 13.8 Å². The van der Waals surface area contributed by atoms with Gasteiger partial charge in [-0.3, -0.25) is 0 Å². The van der Waals surface area contributed by atoms with Crippen LogP contribution in [0.4, 0.5) is 11.4 Å². The summed E-state index contributed by atoms with van der Waals surface area (Å²) in [5.74, 6) is 0.600. The molecule has 0 unspecified atom stereocenters. The first-order valence-corrected chi connectivity index (χ1v) is 6.13. The maximum absolute atomic E-state index is 9.39.